The Hall–Kier alpha value is -0.850. The summed E-state index contributed by atoms with van der Waals surface area (Å²) in [6.45, 7) is 10.8. The van der Waals surface area contributed by atoms with Gasteiger partial charge < -0.3 is 0 Å². The van der Waals surface area contributed by atoms with Crippen LogP contribution < -0.4 is 0 Å². The van der Waals surface area contributed by atoms with E-state index in [4.69, 9.17) is 0 Å². The number of ketones is 1. The second kappa shape index (κ2) is 4.99. The molecule has 0 N–H and O–H groups in total. The molecule has 0 aromatic carbocycles. The molecule has 0 aromatic heterocycles. The van der Waals surface area contributed by atoms with Crippen LogP contribution in [0.25, 0.3) is 0 Å². The zero-order valence-electron chi connectivity index (χ0n) is 11.2. The Morgan fingerprint density at radius 1 is 1.56 bits per heavy atom. The fraction of sp³-hybridized carbons (Fsp3) is 0.667. The Bertz CT molecular complexity index is 320. The first-order valence-corrected chi connectivity index (χ1v) is 6.28. The van der Waals surface area contributed by atoms with Crippen molar-refractivity contribution in [3.05, 3.63) is 23.8 Å². The summed E-state index contributed by atoms with van der Waals surface area (Å²) in [5, 5.41) is 0. The molecule has 90 valence electrons. The van der Waals surface area contributed by atoms with Crippen molar-refractivity contribution in [3.63, 3.8) is 0 Å². The topological polar surface area (TPSA) is 17.1 Å². The molecule has 2 atom stereocenters. The van der Waals surface area contributed by atoms with Crippen molar-refractivity contribution in [3.8, 4) is 0 Å². The molecule has 0 amide bonds. The second-order valence-corrected chi connectivity index (χ2v) is 5.55. The number of hydrogen-bond donors (Lipinski definition) is 0. The average Bonchev–Trinajstić information content (AvgIpc) is 2.21. The zero-order chi connectivity index (χ0) is 12.3. The van der Waals surface area contributed by atoms with Crippen molar-refractivity contribution in [2.75, 3.05) is 0 Å². The van der Waals surface area contributed by atoms with Gasteiger partial charge in [-0.1, -0.05) is 45.4 Å². The lowest BCUT2D eigenvalue weighted by Crippen LogP contribution is -2.38. The van der Waals surface area contributed by atoms with Crippen molar-refractivity contribution < 1.29 is 4.79 Å². The molecule has 0 fully saturated rings. The van der Waals surface area contributed by atoms with Gasteiger partial charge in [-0.25, -0.2) is 0 Å². The lowest BCUT2D eigenvalue weighted by atomic mass is 9.61. The van der Waals surface area contributed by atoms with E-state index in [1.807, 2.05) is 6.08 Å². The summed E-state index contributed by atoms with van der Waals surface area (Å²) in [5.41, 5.74) is 1.32. The van der Waals surface area contributed by atoms with Gasteiger partial charge in [0.15, 0.2) is 5.78 Å². The molecule has 1 nitrogen and oxygen atoms in total. The highest BCUT2D eigenvalue weighted by molar-refractivity contribution is 5.94. The Morgan fingerprint density at radius 2 is 2.19 bits per heavy atom. The van der Waals surface area contributed by atoms with Crippen LogP contribution in [0.5, 0.6) is 0 Å². The van der Waals surface area contributed by atoms with Crippen molar-refractivity contribution in [1.82, 2.24) is 0 Å². The van der Waals surface area contributed by atoms with Crippen LogP contribution in [0.15, 0.2) is 23.8 Å². The van der Waals surface area contributed by atoms with Crippen molar-refractivity contribution in [2.45, 2.75) is 47.5 Å². The summed E-state index contributed by atoms with van der Waals surface area (Å²) in [4.78, 5) is 12.2. The number of rotatable bonds is 3. The minimum Gasteiger partial charge on any atom is -0.294 e. The van der Waals surface area contributed by atoms with E-state index < -0.39 is 0 Å². The van der Waals surface area contributed by atoms with Gasteiger partial charge in [0.1, 0.15) is 0 Å². The summed E-state index contributed by atoms with van der Waals surface area (Å²) in [7, 11) is 0. The molecule has 0 saturated heterocycles. The number of carbonyl (C=O) groups excluding carboxylic acids is 1. The molecular weight excluding hydrogens is 196 g/mol. The van der Waals surface area contributed by atoms with Crippen molar-refractivity contribution in [2.24, 2.45) is 17.3 Å². The maximum absolute atomic E-state index is 12.2. The molecule has 1 rings (SSSR count). The highest BCUT2D eigenvalue weighted by Crippen LogP contribution is 2.45. The standard InChI is InChI=1S/C15H24O/c1-6-7-8-13(16)14-11(2)9-10-12(3)15(14,4)5/h7-9,12,14H,6,10H2,1-5H3/t12-,14+/m0/s1. The van der Waals surface area contributed by atoms with E-state index in [0.717, 1.165) is 12.8 Å². The number of allylic oxidation sites excluding steroid dienone is 4. The maximum atomic E-state index is 12.2. The van der Waals surface area contributed by atoms with Gasteiger partial charge in [0.25, 0.3) is 0 Å². The lowest BCUT2D eigenvalue weighted by Gasteiger charge is -2.42. The van der Waals surface area contributed by atoms with Crippen LogP contribution in [-0.4, -0.2) is 5.78 Å². The van der Waals surface area contributed by atoms with Gasteiger partial charge in [-0.2, -0.15) is 0 Å². The first-order valence-electron chi connectivity index (χ1n) is 6.28. The molecule has 16 heavy (non-hydrogen) atoms. The van der Waals surface area contributed by atoms with E-state index in [-0.39, 0.29) is 17.1 Å². The zero-order valence-corrected chi connectivity index (χ0v) is 11.2. The molecule has 0 radical (unpaired) electrons. The maximum Gasteiger partial charge on any atom is 0.163 e. The predicted molar refractivity (Wildman–Crippen MR) is 69.2 cm³/mol. The molecule has 1 aliphatic rings. The smallest absolute Gasteiger partial charge is 0.163 e. The van der Waals surface area contributed by atoms with Gasteiger partial charge in [-0.15, -0.1) is 0 Å². The molecular formula is C15H24O. The van der Waals surface area contributed by atoms with Crippen LogP contribution in [0.2, 0.25) is 0 Å². The molecule has 0 bridgehead atoms. The minimum atomic E-state index is 0.0686. The fourth-order valence-electron chi connectivity index (χ4n) is 2.58. The molecule has 1 aliphatic carbocycles. The third kappa shape index (κ3) is 2.45. The third-order valence-electron chi connectivity index (χ3n) is 4.07. The first-order chi connectivity index (χ1) is 7.41. The van der Waals surface area contributed by atoms with Crippen LogP contribution >= 0.6 is 0 Å². The molecule has 0 heterocycles. The Balaban J connectivity index is 2.99. The van der Waals surface area contributed by atoms with E-state index in [1.165, 1.54) is 5.57 Å². The SMILES string of the molecule is CCC=CC(=O)[C@H]1C(C)=CC[C@H](C)C1(C)C. The van der Waals surface area contributed by atoms with Crippen LogP contribution in [0, 0.1) is 17.3 Å². The molecule has 0 aromatic rings. The summed E-state index contributed by atoms with van der Waals surface area (Å²) in [6, 6.07) is 0. The average molecular weight is 220 g/mol. The van der Waals surface area contributed by atoms with E-state index in [9.17, 15) is 4.79 Å². The van der Waals surface area contributed by atoms with Crippen LogP contribution in [-0.2, 0) is 4.79 Å². The predicted octanol–water partition coefficient (Wildman–Crippen LogP) is 4.15. The van der Waals surface area contributed by atoms with E-state index in [0.29, 0.717) is 5.92 Å². The number of carbonyl (C=O) groups is 1. The van der Waals surface area contributed by atoms with Gasteiger partial charge in [0.2, 0.25) is 0 Å². The molecule has 0 aliphatic heterocycles. The van der Waals surface area contributed by atoms with Gasteiger partial charge in [-0.3, -0.25) is 4.79 Å². The quantitative estimate of drug-likeness (QED) is 0.516. The molecule has 0 unspecified atom stereocenters. The minimum absolute atomic E-state index is 0.0686. The van der Waals surface area contributed by atoms with Gasteiger partial charge >= 0.3 is 0 Å². The highest BCUT2D eigenvalue weighted by Gasteiger charge is 2.41. The normalized spacial score (nSPS) is 29.2. The Kier molecular flexibility index (Phi) is 4.12. The lowest BCUT2D eigenvalue weighted by molar-refractivity contribution is -0.121. The van der Waals surface area contributed by atoms with Gasteiger partial charge in [-0.05, 0) is 37.2 Å². The Morgan fingerprint density at radius 3 is 2.75 bits per heavy atom. The Labute approximate surface area is 99.6 Å². The summed E-state index contributed by atoms with van der Waals surface area (Å²) in [5.74, 6) is 0.909. The van der Waals surface area contributed by atoms with Crippen LogP contribution in [0.4, 0.5) is 0 Å². The second-order valence-electron chi connectivity index (χ2n) is 5.55. The third-order valence-corrected chi connectivity index (χ3v) is 4.07. The molecule has 0 saturated carbocycles. The summed E-state index contributed by atoms with van der Waals surface area (Å²) in [6.07, 6.45) is 7.99. The van der Waals surface area contributed by atoms with Gasteiger partial charge in [0, 0.05) is 5.92 Å². The number of hydrogen-bond acceptors (Lipinski definition) is 1. The highest BCUT2D eigenvalue weighted by atomic mass is 16.1. The largest absolute Gasteiger partial charge is 0.294 e. The monoisotopic (exact) mass is 220 g/mol. The fourth-order valence-corrected chi connectivity index (χ4v) is 2.58. The molecule has 1 heteroatoms. The van der Waals surface area contributed by atoms with Crippen molar-refractivity contribution >= 4 is 5.78 Å². The van der Waals surface area contributed by atoms with E-state index in [1.54, 1.807) is 6.08 Å². The van der Waals surface area contributed by atoms with Crippen LogP contribution in [0.1, 0.15) is 47.5 Å². The first kappa shape index (κ1) is 13.2. The van der Waals surface area contributed by atoms with Crippen LogP contribution in [0.3, 0.4) is 0 Å². The van der Waals surface area contributed by atoms with E-state index >= 15 is 0 Å². The van der Waals surface area contributed by atoms with Gasteiger partial charge in [0.05, 0.1) is 0 Å². The van der Waals surface area contributed by atoms with E-state index in [2.05, 4.69) is 40.7 Å². The summed E-state index contributed by atoms with van der Waals surface area (Å²) < 4.78 is 0. The summed E-state index contributed by atoms with van der Waals surface area (Å²) >= 11 is 0. The van der Waals surface area contributed by atoms with Crippen molar-refractivity contribution in [1.29, 1.82) is 0 Å². The molecule has 0 spiro atoms.